The predicted octanol–water partition coefficient (Wildman–Crippen LogP) is 2.58. The molecule has 0 radical (unpaired) electrons. The lowest BCUT2D eigenvalue weighted by molar-refractivity contribution is 0.0587. The first kappa shape index (κ1) is 8.55. The van der Waals surface area contributed by atoms with Gasteiger partial charge < -0.3 is 5.11 Å². The average molecular weight is 168 g/mol. The van der Waals surface area contributed by atoms with E-state index in [1.807, 2.05) is 6.92 Å². The van der Waals surface area contributed by atoms with Crippen LogP contribution in [-0.2, 0) is 0 Å². The van der Waals surface area contributed by atoms with Gasteiger partial charge >= 0.3 is 0 Å². The molecular formula is C11H20O. The van der Waals surface area contributed by atoms with Gasteiger partial charge in [0.1, 0.15) is 0 Å². The summed E-state index contributed by atoms with van der Waals surface area (Å²) in [5.74, 6) is 1.54. The Morgan fingerprint density at radius 3 is 2.25 bits per heavy atom. The smallest absolute Gasteiger partial charge is 0.0628 e. The summed E-state index contributed by atoms with van der Waals surface area (Å²) in [7, 11) is 0. The molecule has 1 heteroatoms. The molecule has 0 aromatic rings. The van der Waals surface area contributed by atoms with Crippen LogP contribution in [0.4, 0.5) is 0 Å². The summed E-state index contributed by atoms with van der Waals surface area (Å²) < 4.78 is 0. The number of hydrogen-bond donors (Lipinski definition) is 1. The maximum atomic E-state index is 9.99. The highest BCUT2D eigenvalue weighted by molar-refractivity contribution is 5.09. The molecule has 0 amide bonds. The van der Waals surface area contributed by atoms with E-state index < -0.39 is 0 Å². The molecule has 0 unspecified atom stereocenters. The van der Waals surface area contributed by atoms with Gasteiger partial charge in [0.25, 0.3) is 0 Å². The predicted molar refractivity (Wildman–Crippen MR) is 49.9 cm³/mol. The van der Waals surface area contributed by atoms with Crippen molar-refractivity contribution in [2.24, 2.45) is 17.3 Å². The lowest BCUT2D eigenvalue weighted by Gasteiger charge is -2.21. The van der Waals surface area contributed by atoms with Crippen LogP contribution in [0.25, 0.3) is 0 Å². The van der Waals surface area contributed by atoms with Crippen LogP contribution in [-0.4, -0.2) is 10.7 Å². The van der Waals surface area contributed by atoms with E-state index in [4.69, 9.17) is 0 Å². The zero-order chi connectivity index (χ0) is 8.98. The van der Waals surface area contributed by atoms with Gasteiger partial charge in [-0.05, 0) is 49.9 Å². The van der Waals surface area contributed by atoms with E-state index >= 15 is 0 Å². The Hall–Kier alpha value is -0.0400. The molecule has 1 nitrogen and oxygen atoms in total. The molecule has 2 rings (SSSR count). The molecule has 12 heavy (non-hydrogen) atoms. The van der Waals surface area contributed by atoms with Crippen molar-refractivity contribution in [2.45, 2.75) is 52.1 Å². The largest absolute Gasteiger partial charge is 0.390 e. The molecular weight excluding hydrogens is 148 g/mol. The first-order chi connectivity index (χ1) is 5.45. The van der Waals surface area contributed by atoms with Gasteiger partial charge in [-0.3, -0.25) is 0 Å². The Morgan fingerprint density at radius 1 is 1.33 bits per heavy atom. The van der Waals surface area contributed by atoms with E-state index in [9.17, 15) is 5.11 Å². The third kappa shape index (κ3) is 1.19. The fourth-order valence-corrected chi connectivity index (χ4v) is 3.30. The maximum absolute atomic E-state index is 9.99. The van der Waals surface area contributed by atoms with Crippen molar-refractivity contribution < 1.29 is 5.11 Å². The van der Waals surface area contributed by atoms with Crippen molar-refractivity contribution in [3.63, 3.8) is 0 Å². The fourth-order valence-electron chi connectivity index (χ4n) is 3.30. The normalized spacial score (nSPS) is 44.2. The van der Waals surface area contributed by atoms with Crippen LogP contribution < -0.4 is 0 Å². The minimum absolute atomic E-state index is 0.356. The average Bonchev–Trinajstić information content (AvgIpc) is 2.56. The third-order valence-electron chi connectivity index (χ3n) is 3.88. The van der Waals surface area contributed by atoms with Gasteiger partial charge in [0.2, 0.25) is 0 Å². The van der Waals surface area contributed by atoms with Crippen LogP contribution in [0.3, 0.4) is 0 Å². The van der Waals surface area contributed by atoms with Gasteiger partial charge in [0, 0.05) is 0 Å². The monoisotopic (exact) mass is 168 g/mol. The van der Waals surface area contributed by atoms with Crippen molar-refractivity contribution in [2.75, 3.05) is 0 Å². The van der Waals surface area contributed by atoms with Crippen molar-refractivity contribution in [1.82, 2.24) is 0 Å². The maximum Gasteiger partial charge on any atom is 0.0628 e. The molecule has 0 saturated heterocycles. The second kappa shape index (κ2) is 2.25. The van der Waals surface area contributed by atoms with Crippen LogP contribution in [0.15, 0.2) is 0 Å². The van der Waals surface area contributed by atoms with E-state index in [2.05, 4.69) is 13.8 Å². The molecule has 2 saturated carbocycles. The summed E-state index contributed by atoms with van der Waals surface area (Å²) in [6.45, 7) is 6.60. The lowest BCUT2D eigenvalue weighted by Crippen LogP contribution is -2.19. The van der Waals surface area contributed by atoms with Gasteiger partial charge in [0.15, 0.2) is 0 Å². The minimum atomic E-state index is -0.356. The first-order valence-electron chi connectivity index (χ1n) is 5.18. The Morgan fingerprint density at radius 2 is 1.92 bits per heavy atom. The fraction of sp³-hybridized carbons (Fsp3) is 1.00. The highest BCUT2D eigenvalue weighted by Crippen LogP contribution is 2.65. The van der Waals surface area contributed by atoms with E-state index in [1.54, 1.807) is 0 Å². The van der Waals surface area contributed by atoms with E-state index in [-0.39, 0.29) is 5.60 Å². The van der Waals surface area contributed by atoms with Crippen LogP contribution in [0.5, 0.6) is 0 Å². The van der Waals surface area contributed by atoms with Gasteiger partial charge in [-0.1, -0.05) is 13.8 Å². The molecule has 1 N–H and O–H groups in total. The first-order valence-corrected chi connectivity index (χ1v) is 5.18. The second-order valence-electron chi connectivity index (χ2n) is 5.59. The number of rotatable bonds is 1. The minimum Gasteiger partial charge on any atom is -0.390 e. The summed E-state index contributed by atoms with van der Waals surface area (Å²) in [5.41, 5.74) is 0.211. The highest BCUT2D eigenvalue weighted by Gasteiger charge is 2.59. The number of hydrogen-bond acceptors (Lipinski definition) is 1. The van der Waals surface area contributed by atoms with Crippen molar-refractivity contribution in [3.05, 3.63) is 0 Å². The van der Waals surface area contributed by atoms with E-state index in [0.717, 1.165) is 24.7 Å². The van der Waals surface area contributed by atoms with Gasteiger partial charge in [0.05, 0.1) is 5.60 Å². The second-order valence-corrected chi connectivity index (χ2v) is 5.59. The summed E-state index contributed by atoms with van der Waals surface area (Å²) in [6, 6.07) is 0. The molecule has 0 heterocycles. The van der Waals surface area contributed by atoms with Crippen LogP contribution in [0.2, 0.25) is 0 Å². The highest BCUT2D eigenvalue weighted by atomic mass is 16.3. The van der Waals surface area contributed by atoms with E-state index in [1.165, 1.54) is 12.8 Å². The van der Waals surface area contributed by atoms with Gasteiger partial charge in [-0.15, -0.1) is 0 Å². The Balaban J connectivity index is 2.15. The van der Waals surface area contributed by atoms with Crippen LogP contribution >= 0.6 is 0 Å². The van der Waals surface area contributed by atoms with E-state index in [0.29, 0.717) is 5.41 Å². The van der Waals surface area contributed by atoms with Crippen molar-refractivity contribution in [1.29, 1.82) is 0 Å². The molecule has 0 aliphatic heterocycles. The molecule has 0 aromatic heterocycles. The molecule has 0 bridgehead atoms. The van der Waals surface area contributed by atoms with Crippen molar-refractivity contribution in [3.8, 4) is 0 Å². The Labute approximate surface area is 75.2 Å². The molecule has 1 spiro atoms. The Bertz CT molecular complexity index is 189. The molecule has 0 aromatic carbocycles. The van der Waals surface area contributed by atoms with Crippen molar-refractivity contribution >= 4 is 0 Å². The quantitative estimate of drug-likeness (QED) is 0.638. The number of aliphatic hydroxyl groups is 1. The van der Waals surface area contributed by atoms with Crippen LogP contribution in [0, 0.1) is 17.3 Å². The zero-order valence-corrected chi connectivity index (χ0v) is 8.43. The zero-order valence-electron chi connectivity index (χ0n) is 8.43. The third-order valence-corrected chi connectivity index (χ3v) is 3.88. The SMILES string of the molecule is CC(C)[C@@H]1C[C@](C)(O)CC12CC2. The molecule has 70 valence electrons. The van der Waals surface area contributed by atoms with Crippen LogP contribution in [0.1, 0.15) is 46.5 Å². The van der Waals surface area contributed by atoms with Gasteiger partial charge in [-0.2, -0.15) is 0 Å². The Kier molecular flexibility index (Phi) is 1.61. The summed E-state index contributed by atoms with van der Waals surface area (Å²) in [6.07, 6.45) is 4.82. The van der Waals surface area contributed by atoms with Gasteiger partial charge in [-0.25, -0.2) is 0 Å². The molecule has 2 fully saturated rings. The topological polar surface area (TPSA) is 20.2 Å². The lowest BCUT2D eigenvalue weighted by atomic mass is 9.84. The molecule has 2 aliphatic rings. The summed E-state index contributed by atoms with van der Waals surface area (Å²) >= 11 is 0. The summed E-state index contributed by atoms with van der Waals surface area (Å²) in [5, 5.41) is 9.99. The molecule has 2 aliphatic carbocycles. The standard InChI is InChI=1S/C11H20O/c1-8(2)9-6-10(3,12)7-11(9)4-5-11/h8-9,12H,4-7H2,1-3H3/t9-,10-/m0/s1. The summed E-state index contributed by atoms with van der Waals surface area (Å²) in [4.78, 5) is 0. The molecule has 2 atom stereocenters.